The van der Waals surface area contributed by atoms with Crippen molar-refractivity contribution in [3.63, 3.8) is 0 Å². The van der Waals surface area contributed by atoms with E-state index in [4.69, 9.17) is 5.11 Å². The highest BCUT2D eigenvalue weighted by molar-refractivity contribution is 5.74. The monoisotopic (exact) mass is 263 g/mol. The van der Waals surface area contributed by atoms with E-state index in [2.05, 4.69) is 9.97 Å². The third-order valence-corrected chi connectivity index (χ3v) is 3.06. The summed E-state index contributed by atoms with van der Waals surface area (Å²) in [4.78, 5) is 29.8. The Morgan fingerprint density at radius 2 is 2.21 bits per heavy atom. The molecule has 0 saturated carbocycles. The molecule has 0 saturated heterocycles. The number of H-pyrrole nitrogens is 1. The SMILES string of the molecule is Cn1ccc2c(=O)[nH]c(CC(C)(C)CC(=O)O)nc21. The maximum absolute atomic E-state index is 11.9. The van der Waals surface area contributed by atoms with Crippen LogP contribution in [0.5, 0.6) is 0 Å². The van der Waals surface area contributed by atoms with Crippen LogP contribution >= 0.6 is 0 Å². The van der Waals surface area contributed by atoms with Crippen LogP contribution in [-0.4, -0.2) is 25.6 Å². The van der Waals surface area contributed by atoms with Gasteiger partial charge < -0.3 is 14.7 Å². The van der Waals surface area contributed by atoms with Gasteiger partial charge in [0.25, 0.3) is 5.56 Å². The largest absolute Gasteiger partial charge is 0.481 e. The van der Waals surface area contributed by atoms with Crippen molar-refractivity contribution in [3.8, 4) is 0 Å². The first kappa shape index (κ1) is 13.3. The first-order valence-corrected chi connectivity index (χ1v) is 6.04. The van der Waals surface area contributed by atoms with E-state index >= 15 is 0 Å². The van der Waals surface area contributed by atoms with E-state index < -0.39 is 11.4 Å². The number of hydrogen-bond donors (Lipinski definition) is 2. The first-order valence-electron chi connectivity index (χ1n) is 6.04. The van der Waals surface area contributed by atoms with Gasteiger partial charge in [0.2, 0.25) is 0 Å². The van der Waals surface area contributed by atoms with Crippen LogP contribution in [-0.2, 0) is 18.3 Å². The smallest absolute Gasteiger partial charge is 0.303 e. The Bertz CT molecular complexity index is 682. The van der Waals surface area contributed by atoms with Gasteiger partial charge in [0.05, 0.1) is 11.8 Å². The average Bonchev–Trinajstić information content (AvgIpc) is 2.58. The average molecular weight is 263 g/mol. The summed E-state index contributed by atoms with van der Waals surface area (Å²) in [5, 5.41) is 9.41. The third-order valence-electron chi connectivity index (χ3n) is 3.06. The molecule has 0 atom stereocenters. The van der Waals surface area contributed by atoms with Crippen LogP contribution in [0.3, 0.4) is 0 Å². The molecule has 0 radical (unpaired) electrons. The second-order valence-corrected chi connectivity index (χ2v) is 5.59. The van der Waals surface area contributed by atoms with Crippen molar-refractivity contribution < 1.29 is 9.90 Å². The Morgan fingerprint density at radius 3 is 2.84 bits per heavy atom. The molecule has 2 N–H and O–H groups in total. The number of fused-ring (bicyclic) bond motifs is 1. The highest BCUT2D eigenvalue weighted by Gasteiger charge is 2.24. The minimum Gasteiger partial charge on any atom is -0.481 e. The molecule has 0 aliphatic rings. The first-order chi connectivity index (χ1) is 8.78. The molecule has 2 rings (SSSR count). The van der Waals surface area contributed by atoms with Gasteiger partial charge in [0.15, 0.2) is 0 Å². The van der Waals surface area contributed by atoms with Gasteiger partial charge in [-0.2, -0.15) is 0 Å². The van der Waals surface area contributed by atoms with Gasteiger partial charge in [0, 0.05) is 19.7 Å². The van der Waals surface area contributed by atoms with Crippen molar-refractivity contribution in [3.05, 3.63) is 28.4 Å². The highest BCUT2D eigenvalue weighted by atomic mass is 16.4. The second kappa shape index (κ2) is 4.53. The standard InChI is InChI=1S/C13H17N3O3/c1-13(2,7-10(17)18)6-9-14-11-8(12(19)15-9)4-5-16(11)3/h4-5H,6-7H2,1-3H3,(H,17,18)(H,14,15,19). The summed E-state index contributed by atoms with van der Waals surface area (Å²) in [5.74, 6) is -0.335. The van der Waals surface area contributed by atoms with E-state index in [-0.39, 0.29) is 12.0 Å². The number of carboxylic acid groups (broad SMARTS) is 1. The fraction of sp³-hybridized carbons (Fsp3) is 0.462. The van der Waals surface area contributed by atoms with E-state index in [0.29, 0.717) is 23.3 Å². The minimum atomic E-state index is -0.854. The molecule has 0 bridgehead atoms. The summed E-state index contributed by atoms with van der Waals surface area (Å²) in [6.07, 6.45) is 2.22. The zero-order valence-corrected chi connectivity index (χ0v) is 11.2. The lowest BCUT2D eigenvalue weighted by Crippen LogP contribution is -2.23. The number of aryl methyl sites for hydroxylation is 1. The van der Waals surface area contributed by atoms with E-state index in [1.54, 1.807) is 16.8 Å². The summed E-state index contributed by atoms with van der Waals surface area (Å²) in [5.41, 5.74) is -0.0303. The number of nitrogens with zero attached hydrogens (tertiary/aromatic N) is 2. The van der Waals surface area contributed by atoms with Gasteiger partial charge in [-0.15, -0.1) is 0 Å². The van der Waals surface area contributed by atoms with Crippen LogP contribution in [0, 0.1) is 5.41 Å². The third kappa shape index (κ3) is 2.83. The number of aromatic amines is 1. The number of nitrogens with one attached hydrogen (secondary N) is 1. The number of rotatable bonds is 4. The number of hydrogen-bond acceptors (Lipinski definition) is 3. The lowest BCUT2D eigenvalue weighted by molar-refractivity contribution is -0.139. The molecular formula is C13H17N3O3. The van der Waals surface area contributed by atoms with Crippen molar-refractivity contribution in [1.29, 1.82) is 0 Å². The molecule has 102 valence electrons. The fourth-order valence-electron chi connectivity index (χ4n) is 2.20. The molecule has 0 aromatic carbocycles. The molecule has 19 heavy (non-hydrogen) atoms. The lowest BCUT2D eigenvalue weighted by Gasteiger charge is -2.21. The molecular weight excluding hydrogens is 246 g/mol. The number of aromatic nitrogens is 3. The Balaban J connectivity index is 2.38. The molecule has 0 aliphatic carbocycles. The maximum Gasteiger partial charge on any atom is 0.303 e. The van der Waals surface area contributed by atoms with Gasteiger partial charge in [0.1, 0.15) is 11.5 Å². The Hall–Kier alpha value is -2.11. The van der Waals surface area contributed by atoms with Crippen LogP contribution in [0.25, 0.3) is 11.0 Å². The highest BCUT2D eigenvalue weighted by Crippen LogP contribution is 2.24. The summed E-state index contributed by atoms with van der Waals surface area (Å²) < 4.78 is 1.78. The molecule has 0 fully saturated rings. The minimum absolute atomic E-state index is 0.0296. The summed E-state index contributed by atoms with van der Waals surface area (Å²) >= 11 is 0. The molecule has 0 aliphatic heterocycles. The molecule has 6 nitrogen and oxygen atoms in total. The maximum atomic E-state index is 11.9. The number of aliphatic carboxylic acids is 1. The van der Waals surface area contributed by atoms with E-state index in [9.17, 15) is 9.59 Å². The van der Waals surface area contributed by atoms with Crippen LogP contribution < -0.4 is 5.56 Å². The summed E-state index contributed by atoms with van der Waals surface area (Å²) in [6, 6.07) is 1.72. The predicted molar refractivity (Wildman–Crippen MR) is 71.1 cm³/mol. The van der Waals surface area contributed by atoms with Crippen molar-refractivity contribution in [2.75, 3.05) is 0 Å². The quantitative estimate of drug-likeness (QED) is 0.870. The van der Waals surface area contributed by atoms with E-state index in [1.165, 1.54) is 0 Å². The number of carbonyl (C=O) groups is 1. The van der Waals surface area contributed by atoms with Gasteiger partial charge in [-0.05, 0) is 11.5 Å². The van der Waals surface area contributed by atoms with Crippen LogP contribution in [0.4, 0.5) is 0 Å². The topological polar surface area (TPSA) is 88.0 Å². The van der Waals surface area contributed by atoms with Crippen molar-refractivity contribution in [2.45, 2.75) is 26.7 Å². The van der Waals surface area contributed by atoms with Gasteiger partial charge in [-0.25, -0.2) is 4.98 Å². The molecule has 2 aromatic heterocycles. The van der Waals surface area contributed by atoms with Gasteiger partial charge in [-0.1, -0.05) is 13.8 Å². The van der Waals surface area contributed by atoms with Crippen molar-refractivity contribution >= 4 is 17.0 Å². The van der Waals surface area contributed by atoms with Crippen molar-refractivity contribution in [2.24, 2.45) is 12.5 Å². The van der Waals surface area contributed by atoms with Crippen LogP contribution in [0.15, 0.2) is 17.1 Å². The Labute approximate surface area is 110 Å². The fourth-order valence-corrected chi connectivity index (χ4v) is 2.20. The number of carboxylic acids is 1. The normalized spacial score (nSPS) is 11.9. The van der Waals surface area contributed by atoms with E-state index in [0.717, 1.165) is 0 Å². The molecule has 2 heterocycles. The van der Waals surface area contributed by atoms with E-state index in [1.807, 2.05) is 20.9 Å². The summed E-state index contributed by atoms with van der Waals surface area (Å²) in [7, 11) is 1.82. The molecule has 2 aromatic rings. The Morgan fingerprint density at radius 1 is 1.53 bits per heavy atom. The van der Waals surface area contributed by atoms with Gasteiger partial charge >= 0.3 is 5.97 Å². The van der Waals surface area contributed by atoms with Crippen LogP contribution in [0.1, 0.15) is 26.1 Å². The van der Waals surface area contributed by atoms with Gasteiger partial charge in [-0.3, -0.25) is 9.59 Å². The summed E-state index contributed by atoms with van der Waals surface area (Å²) in [6.45, 7) is 3.69. The predicted octanol–water partition coefficient (Wildman–Crippen LogP) is 1.30. The lowest BCUT2D eigenvalue weighted by atomic mass is 9.85. The molecule has 0 amide bonds. The molecule has 6 heteroatoms. The second-order valence-electron chi connectivity index (χ2n) is 5.59. The molecule has 0 unspecified atom stereocenters. The zero-order chi connectivity index (χ0) is 14.2. The molecule has 0 spiro atoms. The van der Waals surface area contributed by atoms with Crippen LogP contribution in [0.2, 0.25) is 0 Å². The Kier molecular flexibility index (Phi) is 3.18. The zero-order valence-electron chi connectivity index (χ0n) is 11.2. The van der Waals surface area contributed by atoms with Crippen molar-refractivity contribution in [1.82, 2.24) is 14.5 Å².